The summed E-state index contributed by atoms with van der Waals surface area (Å²) in [4.78, 5) is 11.9. The van der Waals surface area contributed by atoms with Crippen LogP contribution in [0.5, 0.6) is 0 Å². The van der Waals surface area contributed by atoms with E-state index in [4.69, 9.17) is 13.9 Å². The van der Waals surface area contributed by atoms with Crippen molar-refractivity contribution in [2.45, 2.75) is 91.6 Å². The standard InChI is InChI=1S/C25H42O4Si/c1-18(2)24(29-30(19(3)4,20(5)6)21(7)8)22(9)15-16-27-25(26)28-17-23-13-11-10-12-14-23/h10-16,18-22,24H,17H2,1-9H3/b16-15+/t22-,24+/m0/s1. The molecule has 2 atom stereocenters. The Morgan fingerprint density at radius 3 is 1.90 bits per heavy atom. The van der Waals surface area contributed by atoms with Crippen molar-refractivity contribution >= 4 is 14.5 Å². The van der Waals surface area contributed by atoms with Crippen LogP contribution < -0.4 is 0 Å². The summed E-state index contributed by atoms with van der Waals surface area (Å²) in [5.41, 5.74) is 2.51. The summed E-state index contributed by atoms with van der Waals surface area (Å²) in [5, 5.41) is 0. The molecule has 0 spiro atoms. The molecule has 0 heterocycles. The van der Waals surface area contributed by atoms with Gasteiger partial charge in [-0.3, -0.25) is 0 Å². The summed E-state index contributed by atoms with van der Waals surface area (Å²) < 4.78 is 17.3. The van der Waals surface area contributed by atoms with Crippen molar-refractivity contribution in [3.63, 3.8) is 0 Å². The van der Waals surface area contributed by atoms with Gasteiger partial charge in [0, 0.05) is 5.92 Å². The van der Waals surface area contributed by atoms with Gasteiger partial charge in [0.15, 0.2) is 0 Å². The van der Waals surface area contributed by atoms with Gasteiger partial charge < -0.3 is 13.9 Å². The molecule has 1 aromatic rings. The minimum atomic E-state index is -1.99. The topological polar surface area (TPSA) is 44.8 Å². The van der Waals surface area contributed by atoms with Gasteiger partial charge in [-0.15, -0.1) is 0 Å². The fourth-order valence-electron chi connectivity index (χ4n) is 4.57. The summed E-state index contributed by atoms with van der Waals surface area (Å²) in [7, 11) is -1.99. The zero-order valence-electron chi connectivity index (χ0n) is 20.3. The molecule has 4 nitrogen and oxygen atoms in total. The van der Waals surface area contributed by atoms with Crippen LogP contribution in [0.4, 0.5) is 4.79 Å². The highest BCUT2D eigenvalue weighted by atomic mass is 28.4. The number of ether oxygens (including phenoxy) is 2. The molecule has 5 heteroatoms. The van der Waals surface area contributed by atoms with Gasteiger partial charge in [0.25, 0.3) is 0 Å². The summed E-state index contributed by atoms with van der Waals surface area (Å²) in [6, 6.07) is 9.56. The lowest BCUT2D eigenvalue weighted by Crippen LogP contribution is -2.52. The number of rotatable bonds is 11. The van der Waals surface area contributed by atoms with Gasteiger partial charge in [0.2, 0.25) is 8.32 Å². The maximum atomic E-state index is 11.9. The van der Waals surface area contributed by atoms with Gasteiger partial charge in [-0.2, -0.15) is 0 Å². The molecular formula is C25H42O4Si. The van der Waals surface area contributed by atoms with Crippen molar-refractivity contribution < 1.29 is 18.7 Å². The molecule has 0 radical (unpaired) electrons. The van der Waals surface area contributed by atoms with Gasteiger partial charge in [-0.05, 0) is 34.2 Å². The SMILES string of the molecule is CC(C)[C@@H](O[Si](C(C)C)(C(C)C)C(C)C)[C@@H](C)/C=C/OC(=O)OCc1ccccc1. The van der Waals surface area contributed by atoms with Crippen molar-refractivity contribution in [2.75, 3.05) is 0 Å². The summed E-state index contributed by atoms with van der Waals surface area (Å²) in [6.07, 6.45) is 2.73. The Morgan fingerprint density at radius 2 is 1.43 bits per heavy atom. The largest absolute Gasteiger partial charge is 0.513 e. The summed E-state index contributed by atoms with van der Waals surface area (Å²) in [6.45, 7) is 20.5. The fourth-order valence-corrected chi connectivity index (χ4v) is 10.3. The molecule has 1 rings (SSSR count). The Bertz CT molecular complexity index is 631. The van der Waals surface area contributed by atoms with Crippen LogP contribution in [0.15, 0.2) is 42.7 Å². The summed E-state index contributed by atoms with van der Waals surface area (Å²) in [5.74, 6) is 0.479. The molecule has 0 aliphatic rings. The van der Waals surface area contributed by atoms with Crippen LogP contribution in [0.2, 0.25) is 16.6 Å². The lowest BCUT2D eigenvalue weighted by molar-refractivity contribution is 0.0755. The van der Waals surface area contributed by atoms with E-state index in [1.54, 1.807) is 0 Å². The van der Waals surface area contributed by atoms with E-state index in [0.29, 0.717) is 22.5 Å². The Kier molecular flexibility index (Phi) is 10.8. The molecule has 0 bridgehead atoms. The molecule has 0 unspecified atom stereocenters. The van der Waals surface area contributed by atoms with E-state index >= 15 is 0 Å². The van der Waals surface area contributed by atoms with Crippen molar-refractivity contribution in [3.8, 4) is 0 Å². The zero-order valence-corrected chi connectivity index (χ0v) is 21.3. The first kappa shape index (κ1) is 26.4. The first-order chi connectivity index (χ1) is 14.0. The lowest BCUT2D eigenvalue weighted by Gasteiger charge is -2.46. The predicted molar refractivity (Wildman–Crippen MR) is 127 cm³/mol. The van der Waals surface area contributed by atoms with E-state index in [-0.39, 0.29) is 18.6 Å². The molecule has 170 valence electrons. The maximum absolute atomic E-state index is 11.9. The van der Waals surface area contributed by atoms with E-state index in [1.807, 2.05) is 36.4 Å². The second kappa shape index (κ2) is 12.3. The van der Waals surface area contributed by atoms with Crippen molar-refractivity contribution in [1.29, 1.82) is 0 Å². The van der Waals surface area contributed by atoms with E-state index in [9.17, 15) is 4.79 Å². The zero-order chi connectivity index (χ0) is 22.9. The Hall–Kier alpha value is -1.59. The Labute approximate surface area is 185 Å². The van der Waals surface area contributed by atoms with Crippen LogP contribution in [0.1, 0.15) is 67.9 Å². The number of benzene rings is 1. The molecule has 0 saturated heterocycles. The van der Waals surface area contributed by atoms with Crippen LogP contribution in [-0.2, 0) is 20.5 Å². The van der Waals surface area contributed by atoms with Gasteiger partial charge >= 0.3 is 6.16 Å². The van der Waals surface area contributed by atoms with Gasteiger partial charge in [0.1, 0.15) is 6.61 Å². The molecule has 0 N–H and O–H groups in total. The smallest absolute Gasteiger partial charge is 0.429 e. The molecule has 30 heavy (non-hydrogen) atoms. The third-order valence-corrected chi connectivity index (χ3v) is 12.1. The first-order valence-electron chi connectivity index (χ1n) is 11.2. The normalized spacial score (nSPS) is 14.7. The van der Waals surface area contributed by atoms with Gasteiger partial charge in [-0.1, -0.05) is 92.6 Å². The quantitative estimate of drug-likeness (QED) is 0.203. The monoisotopic (exact) mass is 434 g/mol. The van der Waals surface area contributed by atoms with E-state index in [2.05, 4.69) is 62.3 Å². The van der Waals surface area contributed by atoms with Crippen LogP contribution in [0.3, 0.4) is 0 Å². The van der Waals surface area contributed by atoms with Crippen molar-refractivity contribution in [2.24, 2.45) is 11.8 Å². The molecular weight excluding hydrogens is 392 g/mol. The fraction of sp³-hybridized carbons (Fsp3) is 0.640. The van der Waals surface area contributed by atoms with Gasteiger partial charge in [-0.25, -0.2) is 4.79 Å². The molecule has 0 saturated carbocycles. The van der Waals surface area contributed by atoms with E-state index in [0.717, 1.165) is 5.56 Å². The third-order valence-electron chi connectivity index (χ3n) is 5.97. The molecule has 0 aliphatic carbocycles. The molecule has 1 aromatic carbocycles. The third kappa shape index (κ3) is 7.27. The van der Waals surface area contributed by atoms with Gasteiger partial charge in [0.05, 0.1) is 12.4 Å². The highest BCUT2D eigenvalue weighted by molar-refractivity contribution is 6.77. The van der Waals surface area contributed by atoms with Crippen molar-refractivity contribution in [1.82, 2.24) is 0 Å². The minimum absolute atomic E-state index is 0.0732. The highest BCUT2D eigenvalue weighted by Gasteiger charge is 2.47. The lowest BCUT2D eigenvalue weighted by atomic mass is 9.95. The Balaban J connectivity index is 2.76. The second-order valence-corrected chi connectivity index (χ2v) is 14.9. The van der Waals surface area contributed by atoms with Crippen LogP contribution in [0, 0.1) is 11.8 Å². The average molecular weight is 435 g/mol. The minimum Gasteiger partial charge on any atom is -0.429 e. The average Bonchev–Trinajstić information content (AvgIpc) is 2.66. The molecule has 0 amide bonds. The molecule has 0 fully saturated rings. The number of hydrogen-bond donors (Lipinski definition) is 0. The first-order valence-corrected chi connectivity index (χ1v) is 13.4. The van der Waals surface area contributed by atoms with Crippen molar-refractivity contribution in [3.05, 3.63) is 48.2 Å². The van der Waals surface area contributed by atoms with Crippen LogP contribution in [-0.4, -0.2) is 20.6 Å². The van der Waals surface area contributed by atoms with E-state index in [1.165, 1.54) is 6.26 Å². The summed E-state index contributed by atoms with van der Waals surface area (Å²) >= 11 is 0. The molecule has 0 aromatic heterocycles. The number of hydrogen-bond acceptors (Lipinski definition) is 4. The number of carbonyl (C=O) groups is 1. The Morgan fingerprint density at radius 1 is 0.900 bits per heavy atom. The highest BCUT2D eigenvalue weighted by Crippen LogP contribution is 2.44. The maximum Gasteiger partial charge on any atom is 0.513 e. The van der Waals surface area contributed by atoms with Crippen LogP contribution >= 0.6 is 0 Å². The predicted octanol–water partition coefficient (Wildman–Crippen LogP) is 7.71. The van der Waals surface area contributed by atoms with E-state index < -0.39 is 14.5 Å². The second-order valence-electron chi connectivity index (χ2n) is 9.47. The molecule has 0 aliphatic heterocycles. The van der Waals surface area contributed by atoms with Crippen LogP contribution in [0.25, 0.3) is 0 Å². The number of carbonyl (C=O) groups excluding carboxylic acids is 1.